The van der Waals surface area contributed by atoms with Crippen molar-refractivity contribution in [3.63, 3.8) is 0 Å². The number of para-hydroxylation sites is 3. The van der Waals surface area contributed by atoms with E-state index in [9.17, 15) is 9.59 Å². The molecule has 3 aliphatic heterocycles. The van der Waals surface area contributed by atoms with Gasteiger partial charge in [-0.3, -0.25) is 9.59 Å². The number of fused-ring (bicyclic) bond motifs is 5. The van der Waals surface area contributed by atoms with Gasteiger partial charge in [0.2, 0.25) is 17.2 Å². The number of anilines is 2. The molecule has 23 heteroatoms. The molecule has 0 spiro atoms. The van der Waals surface area contributed by atoms with Crippen LogP contribution in [0.4, 0.5) is 11.9 Å². The maximum atomic E-state index is 12.0. The van der Waals surface area contributed by atoms with Crippen LogP contribution in [-0.2, 0) is 25.8 Å². The van der Waals surface area contributed by atoms with Crippen molar-refractivity contribution < 1.29 is 35.4 Å². The molecule has 5 aromatic heterocycles. The number of benzene rings is 3. The zero-order valence-corrected chi connectivity index (χ0v) is 57.6. The first-order valence-electron chi connectivity index (χ1n) is 29.0. The summed E-state index contributed by atoms with van der Waals surface area (Å²) < 4.78 is 13.9. The monoisotopic (exact) mass is 1390 g/mol. The molecule has 8 heterocycles. The summed E-state index contributed by atoms with van der Waals surface area (Å²) in [6, 6.07) is 21.6. The van der Waals surface area contributed by atoms with E-state index in [0.717, 1.165) is 107 Å². The Balaban J connectivity index is 0.000000201. The van der Waals surface area contributed by atoms with Crippen molar-refractivity contribution in [3.05, 3.63) is 143 Å². The van der Waals surface area contributed by atoms with Crippen LogP contribution in [0.5, 0.6) is 0 Å². The van der Waals surface area contributed by atoms with E-state index in [1.165, 1.54) is 25.7 Å². The number of carbonyl (C=O) groups is 2. The molecule has 1 radical (unpaired) electrons. The molecule has 2 amide bonds. The molecule has 14 rings (SSSR count). The normalized spacial score (nSPS) is 18.7. The minimum absolute atomic E-state index is 0. The summed E-state index contributed by atoms with van der Waals surface area (Å²) >= 11 is 12.5. The fourth-order valence-corrected chi connectivity index (χ4v) is 9.80. The maximum absolute atomic E-state index is 12.0. The standard InChI is InChI=1S/C19H19N5O.C13H19BN2O3.C12H12BrN3.C8H4BrClN2.C4H9N.2C3H7.C2H5.ClH.Ni/c1-10-15-13(17(25)21-10)8-14(22-15)12-5-3-4-11-9-20-18(23-16(11)12)24-19(2)6-7-19;1-7-10-8(11(17)15-7)6-9(16-10)14-18-12(2,3)13(4,5)19-14;1-12(5-6-12)16-11-14-7-8-3-2-4-9(13)10(8)15-11;9-6-3-1-2-5-4-11-8(10)12-7(5)6;1-4(5)2-3-4;2*1-3-2;1-2;;/h3-5,8-10,22H,6-7H2,1-2H3,(H,21,25)(H,20,23,24);6-7,16H,1-5H3,(H,15,17);2-4,7H,5-6H2,1H3,(H,14,15,16);1-4H;2-3,5H2,1H3;2*1,3H2,2H3;1H2,2H3;1H;/q;;;;;3*-1;;+3/t10-;7-;;;;;;;;/m11......../s1. The SMILES string of the molecule is CC1(N)CC1.CC1(Nc2ncc3cccc(Br)c3n2)CC1.C[C@H]1NC(=O)c2cc(-c3cccc4cnc(NC5(C)CC5)nc34)[nH]c21.C[C@H]1NC(=O)c2cc(B3OC(C)(C)C(C)(C)O3)[nH]c21.Cl.Clc1ncc2cccc(Br)c2n1.[CH2-]C.[CH2-]CC.[CH2-]CC.[Ni+3]. The van der Waals surface area contributed by atoms with Crippen molar-refractivity contribution in [1.82, 2.24) is 50.5 Å². The Morgan fingerprint density at radius 3 is 1.45 bits per heavy atom. The van der Waals surface area contributed by atoms with Crippen molar-refractivity contribution in [2.75, 3.05) is 10.6 Å². The van der Waals surface area contributed by atoms with Crippen molar-refractivity contribution >= 4 is 125 Å². The van der Waals surface area contributed by atoms with E-state index in [-0.39, 0.29) is 85.9 Å². The number of nitrogens with zero attached hydrogens (tertiary/aromatic N) is 6. The van der Waals surface area contributed by atoms with Crippen LogP contribution in [-0.4, -0.2) is 86.6 Å². The number of halogens is 4. The number of aromatic amines is 2. The number of hydrogen-bond acceptors (Lipinski definition) is 13. The molecule has 8 aromatic rings. The quantitative estimate of drug-likeness (QED) is 0.0467. The number of hydrogen-bond donors (Lipinski definition) is 7. The Bertz CT molecular complexity index is 3610. The predicted octanol–water partition coefficient (Wildman–Crippen LogP) is 15.1. The topological polar surface area (TPSA) is 236 Å². The minimum Gasteiger partial charge on any atom is -0.398 e. The van der Waals surface area contributed by atoms with Gasteiger partial charge < -0.3 is 67.0 Å². The van der Waals surface area contributed by atoms with Crippen LogP contribution >= 0.6 is 55.9 Å². The van der Waals surface area contributed by atoms with Crippen molar-refractivity contribution in [3.8, 4) is 11.3 Å². The maximum Gasteiger partial charge on any atom is 3.00 e. The fourth-order valence-electron chi connectivity index (χ4n) is 8.73. The molecular weight excluding hydrogens is 1320 g/mol. The fraction of sp³-hybridized carbons (Fsp3) is 0.422. The van der Waals surface area contributed by atoms with Crippen LogP contribution in [0.3, 0.4) is 0 Å². The smallest absolute Gasteiger partial charge is 0.398 e. The van der Waals surface area contributed by atoms with Crippen LogP contribution in [0.2, 0.25) is 5.28 Å². The molecule has 17 nitrogen and oxygen atoms in total. The Labute approximate surface area is 551 Å². The van der Waals surface area contributed by atoms with Gasteiger partial charge in [0, 0.05) is 82.9 Å². The molecule has 6 aliphatic rings. The van der Waals surface area contributed by atoms with Gasteiger partial charge in [-0.15, -0.1) is 12.4 Å². The molecule has 8 N–H and O–H groups in total. The van der Waals surface area contributed by atoms with E-state index >= 15 is 0 Å². The van der Waals surface area contributed by atoms with Gasteiger partial charge in [-0.1, -0.05) is 56.3 Å². The summed E-state index contributed by atoms with van der Waals surface area (Å²) in [6.45, 7) is 34.4. The first-order chi connectivity index (χ1) is 40.2. The van der Waals surface area contributed by atoms with Gasteiger partial charge in [-0.2, -0.15) is 19.8 Å². The van der Waals surface area contributed by atoms with Crippen LogP contribution in [0.25, 0.3) is 44.0 Å². The molecule has 2 atom stereocenters. The van der Waals surface area contributed by atoms with Gasteiger partial charge in [-0.25, -0.2) is 29.9 Å². The number of aromatic nitrogens is 8. The summed E-state index contributed by atoms with van der Waals surface area (Å²) in [6.07, 6.45) is 14.6. The molecule has 3 aromatic carbocycles. The summed E-state index contributed by atoms with van der Waals surface area (Å²) in [5.41, 5.74) is 14.0. The second kappa shape index (κ2) is 30.5. The third-order valence-electron chi connectivity index (χ3n) is 15.1. The summed E-state index contributed by atoms with van der Waals surface area (Å²) in [5, 5.41) is 15.9. The molecule has 3 saturated carbocycles. The van der Waals surface area contributed by atoms with Crippen LogP contribution < -0.4 is 32.6 Å². The van der Waals surface area contributed by atoms with E-state index in [4.69, 9.17) is 31.6 Å². The largest absolute Gasteiger partial charge is 3.00 e. The molecule has 3 aliphatic carbocycles. The first-order valence-corrected chi connectivity index (χ1v) is 31.0. The van der Waals surface area contributed by atoms with Crippen LogP contribution in [0.1, 0.15) is 179 Å². The van der Waals surface area contributed by atoms with Crippen LogP contribution in [0, 0.1) is 20.8 Å². The molecule has 4 fully saturated rings. The molecule has 469 valence electrons. The number of amides is 2. The van der Waals surface area contributed by atoms with Crippen LogP contribution in [0.15, 0.2) is 94.3 Å². The average molecular weight is 1400 g/mol. The molecule has 87 heavy (non-hydrogen) atoms. The van der Waals surface area contributed by atoms with E-state index < -0.39 is 7.12 Å². The number of rotatable bonds is 6. The Morgan fingerprint density at radius 1 is 0.632 bits per heavy atom. The second-order valence-electron chi connectivity index (χ2n) is 23.7. The number of nitrogens with one attached hydrogen (secondary N) is 6. The molecule has 0 unspecified atom stereocenters. The minimum atomic E-state index is -0.449. The summed E-state index contributed by atoms with van der Waals surface area (Å²) in [7, 11) is -0.449. The van der Waals surface area contributed by atoms with E-state index in [1.54, 1.807) is 13.1 Å². The van der Waals surface area contributed by atoms with Gasteiger partial charge in [0.1, 0.15) is 0 Å². The molecule has 0 bridgehead atoms. The van der Waals surface area contributed by atoms with Gasteiger partial charge in [-0.05, 0) is 169 Å². The van der Waals surface area contributed by atoms with Crippen molar-refractivity contribution in [2.24, 2.45) is 5.73 Å². The zero-order chi connectivity index (χ0) is 62.2. The number of H-pyrrole nitrogens is 2. The summed E-state index contributed by atoms with van der Waals surface area (Å²) in [4.78, 5) is 56.5. The third kappa shape index (κ3) is 18.7. The average Bonchev–Trinajstić information content (AvgIpc) is 1.72. The predicted molar refractivity (Wildman–Crippen MR) is 361 cm³/mol. The number of nitrogens with two attached hydrogens (primary N) is 1. The van der Waals surface area contributed by atoms with Gasteiger partial charge in [0.15, 0.2) is 0 Å². The Kier molecular flexibility index (Phi) is 25.4. The van der Waals surface area contributed by atoms with E-state index in [2.05, 4.69) is 130 Å². The van der Waals surface area contributed by atoms with E-state index in [0.29, 0.717) is 11.5 Å². The first kappa shape index (κ1) is 72.5. The zero-order valence-electron chi connectivity index (χ0n) is 51.8. The third-order valence-corrected chi connectivity index (χ3v) is 16.6. The van der Waals surface area contributed by atoms with Crippen molar-refractivity contribution in [2.45, 2.75) is 174 Å². The van der Waals surface area contributed by atoms with Gasteiger partial charge in [0.05, 0.1) is 56.7 Å². The van der Waals surface area contributed by atoms with Gasteiger partial charge >= 0.3 is 23.6 Å². The van der Waals surface area contributed by atoms with Gasteiger partial charge in [0.25, 0.3) is 11.8 Å². The van der Waals surface area contributed by atoms with Crippen molar-refractivity contribution in [1.29, 1.82) is 0 Å². The molecular formula is C64H83BBr2Cl2N13NiO4. The number of carbonyl (C=O) groups excluding carboxylic acids is 2. The summed E-state index contributed by atoms with van der Waals surface area (Å²) in [5.74, 6) is 1.31. The Morgan fingerprint density at radius 2 is 1.02 bits per heavy atom. The Hall–Kier alpha value is -5.24. The molecule has 1 saturated heterocycles. The van der Waals surface area contributed by atoms with E-state index in [1.807, 2.05) is 135 Å². The second-order valence-corrected chi connectivity index (χ2v) is 25.7.